The summed E-state index contributed by atoms with van der Waals surface area (Å²) in [5, 5.41) is 8.62. The Hall–Kier alpha value is -2.10. The first kappa shape index (κ1) is 21.7. The van der Waals surface area contributed by atoms with Crippen molar-refractivity contribution >= 4 is 11.8 Å². The highest BCUT2D eigenvalue weighted by Crippen LogP contribution is 2.74. The topological polar surface area (TPSA) is 96.3 Å². The summed E-state index contributed by atoms with van der Waals surface area (Å²) in [4.78, 5) is 30.2. The smallest absolute Gasteiger partial charge is 0.290 e. The Balaban J connectivity index is 1.29. The van der Waals surface area contributed by atoms with Crippen molar-refractivity contribution in [2.75, 3.05) is 13.1 Å². The number of alkyl halides is 3. The Morgan fingerprint density at radius 3 is 2.50 bits per heavy atom. The van der Waals surface area contributed by atoms with E-state index in [1.54, 1.807) is 0 Å². The third kappa shape index (κ3) is 3.60. The van der Waals surface area contributed by atoms with Crippen molar-refractivity contribution < 1.29 is 27.2 Å². The number of piperidine rings is 1. The number of nitrogens with zero attached hydrogens (tertiary/aromatic N) is 1. The standard InChI is InChI=1S/C22H29F3N4O3/c1-21(24,25)15-10-32-16(29-15)9-27-19(30)17-11-2-3-12(22(11)5-6-22)18(17)20(31)28-14-4-7-26-8-13(14)23/h10-14,17-18,26H,2-9H2,1H3,(H,27,30)(H,28,31)/t11-,12+,13?,14?,17+,18+/m0/s1. The molecule has 0 aromatic carbocycles. The maximum atomic E-state index is 14.3. The number of aromatic nitrogens is 1. The minimum absolute atomic E-state index is 0.00450. The van der Waals surface area contributed by atoms with E-state index in [9.17, 15) is 22.8 Å². The van der Waals surface area contributed by atoms with Crippen LogP contribution in [-0.4, -0.2) is 42.1 Å². The summed E-state index contributed by atoms with van der Waals surface area (Å²) < 4.78 is 46.1. The lowest BCUT2D eigenvalue weighted by Crippen LogP contribution is -2.54. The van der Waals surface area contributed by atoms with E-state index >= 15 is 0 Å². The molecule has 3 N–H and O–H groups in total. The van der Waals surface area contributed by atoms with E-state index in [-0.39, 0.29) is 48.0 Å². The van der Waals surface area contributed by atoms with E-state index in [1.807, 2.05) is 0 Å². The Labute approximate surface area is 184 Å². The first-order valence-corrected chi connectivity index (χ1v) is 11.5. The van der Waals surface area contributed by atoms with Gasteiger partial charge in [0, 0.05) is 13.5 Å². The van der Waals surface area contributed by atoms with Gasteiger partial charge in [0.25, 0.3) is 5.92 Å². The van der Waals surface area contributed by atoms with Crippen LogP contribution in [0.15, 0.2) is 10.7 Å². The van der Waals surface area contributed by atoms with Gasteiger partial charge in [0.1, 0.15) is 18.1 Å². The fourth-order valence-electron chi connectivity index (χ4n) is 6.50. The van der Waals surface area contributed by atoms with Gasteiger partial charge in [-0.2, -0.15) is 8.78 Å². The first-order valence-electron chi connectivity index (χ1n) is 11.5. The van der Waals surface area contributed by atoms with Crippen LogP contribution in [0.5, 0.6) is 0 Å². The minimum Gasteiger partial charge on any atom is -0.447 e. The molecule has 1 aromatic rings. The summed E-state index contributed by atoms with van der Waals surface area (Å²) in [6.07, 6.45) is 4.10. The molecule has 2 amide bonds. The van der Waals surface area contributed by atoms with Crippen molar-refractivity contribution in [2.24, 2.45) is 29.1 Å². The summed E-state index contributed by atoms with van der Waals surface area (Å²) in [5.41, 5.74) is -0.438. The fraction of sp³-hybridized carbons (Fsp3) is 0.773. The largest absolute Gasteiger partial charge is 0.447 e. The van der Waals surface area contributed by atoms with Gasteiger partial charge in [-0.15, -0.1) is 0 Å². The lowest BCUT2D eigenvalue weighted by atomic mass is 9.78. The van der Waals surface area contributed by atoms with Crippen molar-refractivity contribution in [3.05, 3.63) is 17.8 Å². The zero-order chi connectivity index (χ0) is 22.7. The second-order valence-electron chi connectivity index (χ2n) is 9.93. The van der Waals surface area contributed by atoms with Gasteiger partial charge in [0.2, 0.25) is 17.7 Å². The van der Waals surface area contributed by atoms with Crippen LogP contribution in [0.25, 0.3) is 0 Å². The molecule has 2 unspecified atom stereocenters. The van der Waals surface area contributed by atoms with E-state index in [0.717, 1.165) is 38.9 Å². The van der Waals surface area contributed by atoms with Crippen LogP contribution < -0.4 is 16.0 Å². The molecule has 10 heteroatoms. The molecule has 2 heterocycles. The maximum Gasteiger partial charge on any atom is 0.290 e. The molecule has 176 valence electrons. The lowest BCUT2D eigenvalue weighted by Gasteiger charge is -2.33. The van der Waals surface area contributed by atoms with Crippen LogP contribution in [0.4, 0.5) is 13.2 Å². The molecular formula is C22H29F3N4O3. The van der Waals surface area contributed by atoms with Crippen molar-refractivity contribution in [2.45, 2.75) is 63.7 Å². The van der Waals surface area contributed by atoms with E-state index < -0.39 is 35.7 Å². The number of oxazole rings is 1. The summed E-state index contributed by atoms with van der Waals surface area (Å²) in [5.74, 6) is -4.38. The molecule has 1 aromatic heterocycles. The van der Waals surface area contributed by atoms with Gasteiger partial charge in [-0.05, 0) is 55.9 Å². The lowest BCUT2D eigenvalue weighted by molar-refractivity contribution is -0.138. The third-order valence-electron chi connectivity index (χ3n) is 8.10. The highest BCUT2D eigenvalue weighted by Gasteiger charge is 2.71. The van der Waals surface area contributed by atoms with Crippen LogP contribution >= 0.6 is 0 Å². The Kier molecular flexibility index (Phi) is 5.26. The number of hydrogen-bond donors (Lipinski definition) is 3. The second kappa shape index (κ2) is 7.74. The number of nitrogens with one attached hydrogen (secondary N) is 3. The molecule has 7 nitrogen and oxygen atoms in total. The van der Waals surface area contributed by atoms with Crippen LogP contribution in [0, 0.1) is 29.1 Å². The van der Waals surface area contributed by atoms with Crippen LogP contribution in [-0.2, 0) is 22.1 Å². The SMILES string of the molecule is CC(F)(F)c1coc(CNC(=O)[C@H]2[C@H](C(=O)NC3CCNCC3F)[C@H]3CC[C@@H]2C32CC2)n1. The first-order chi connectivity index (χ1) is 15.2. The molecule has 5 rings (SSSR count). The van der Waals surface area contributed by atoms with Gasteiger partial charge < -0.3 is 20.4 Å². The zero-order valence-electron chi connectivity index (χ0n) is 18.0. The van der Waals surface area contributed by atoms with E-state index in [2.05, 4.69) is 20.9 Å². The van der Waals surface area contributed by atoms with Gasteiger partial charge >= 0.3 is 0 Å². The number of carbonyl (C=O) groups excluding carboxylic acids is 2. The van der Waals surface area contributed by atoms with Gasteiger partial charge in [0.15, 0.2) is 0 Å². The Morgan fingerprint density at radius 2 is 1.91 bits per heavy atom. The van der Waals surface area contributed by atoms with Crippen LogP contribution in [0.3, 0.4) is 0 Å². The Morgan fingerprint density at radius 1 is 1.22 bits per heavy atom. The maximum absolute atomic E-state index is 14.3. The van der Waals surface area contributed by atoms with Crippen LogP contribution in [0.2, 0.25) is 0 Å². The van der Waals surface area contributed by atoms with Crippen LogP contribution in [0.1, 0.15) is 50.6 Å². The third-order valence-corrected chi connectivity index (χ3v) is 8.10. The van der Waals surface area contributed by atoms with E-state index in [1.165, 1.54) is 0 Å². The Bertz CT molecular complexity index is 897. The van der Waals surface area contributed by atoms with Crippen molar-refractivity contribution in [3.63, 3.8) is 0 Å². The number of amides is 2. The number of rotatable bonds is 6. The molecule has 1 saturated heterocycles. The summed E-state index contributed by atoms with van der Waals surface area (Å²) in [6, 6.07) is -0.539. The summed E-state index contributed by atoms with van der Waals surface area (Å²) >= 11 is 0. The highest BCUT2D eigenvalue weighted by molar-refractivity contribution is 5.89. The summed E-state index contributed by atoms with van der Waals surface area (Å²) in [6.45, 7) is 1.46. The molecule has 3 saturated carbocycles. The second-order valence-corrected chi connectivity index (χ2v) is 9.93. The highest BCUT2D eigenvalue weighted by atomic mass is 19.3. The molecule has 0 radical (unpaired) electrons. The molecule has 6 atom stereocenters. The molecule has 3 aliphatic carbocycles. The van der Waals surface area contributed by atoms with E-state index in [0.29, 0.717) is 13.0 Å². The average molecular weight is 454 g/mol. The minimum atomic E-state index is -3.12. The normalized spacial score (nSPS) is 35.1. The predicted octanol–water partition coefficient (Wildman–Crippen LogP) is 2.27. The molecule has 1 spiro atoms. The summed E-state index contributed by atoms with van der Waals surface area (Å²) in [7, 11) is 0. The zero-order valence-corrected chi connectivity index (χ0v) is 18.0. The van der Waals surface area contributed by atoms with Gasteiger partial charge in [0.05, 0.1) is 24.4 Å². The van der Waals surface area contributed by atoms with Gasteiger partial charge in [-0.3, -0.25) is 9.59 Å². The molecule has 4 aliphatic rings. The quantitative estimate of drug-likeness (QED) is 0.613. The number of carbonyl (C=O) groups is 2. The number of hydrogen-bond acceptors (Lipinski definition) is 5. The predicted molar refractivity (Wildman–Crippen MR) is 107 cm³/mol. The molecular weight excluding hydrogens is 425 g/mol. The number of halogens is 3. The molecule has 32 heavy (non-hydrogen) atoms. The van der Waals surface area contributed by atoms with Crippen molar-refractivity contribution in [1.29, 1.82) is 0 Å². The molecule has 2 bridgehead atoms. The molecule has 4 fully saturated rings. The monoisotopic (exact) mass is 454 g/mol. The van der Waals surface area contributed by atoms with Gasteiger partial charge in [-0.1, -0.05) is 0 Å². The average Bonchev–Trinajstić information content (AvgIpc) is 3.14. The van der Waals surface area contributed by atoms with Crippen molar-refractivity contribution in [1.82, 2.24) is 20.9 Å². The van der Waals surface area contributed by atoms with Gasteiger partial charge in [-0.25, -0.2) is 9.37 Å². The van der Waals surface area contributed by atoms with E-state index in [4.69, 9.17) is 4.42 Å². The molecule has 1 aliphatic heterocycles. The fourth-order valence-corrected chi connectivity index (χ4v) is 6.50. The van der Waals surface area contributed by atoms with Crippen molar-refractivity contribution in [3.8, 4) is 0 Å².